The zero-order valence-electron chi connectivity index (χ0n) is 17.7. The molecule has 1 N–H and O–H groups in total. The summed E-state index contributed by atoms with van der Waals surface area (Å²) in [6.45, 7) is 8.19. The standard InChI is InChI=1S/C26H30O3/c1-18-10-5-7-14-25(18)28-20(3)16-22-12-9-13-24(27)23(22)17-21(4)29-26-15-8-6-11-19(26)2/h5-15,20-21,27H,16-17H2,1-4H3. The Morgan fingerprint density at radius 1 is 0.690 bits per heavy atom. The van der Waals surface area contributed by atoms with Gasteiger partial charge in [0.1, 0.15) is 23.4 Å². The molecule has 0 fully saturated rings. The number of rotatable bonds is 8. The maximum absolute atomic E-state index is 10.5. The Morgan fingerprint density at radius 2 is 1.21 bits per heavy atom. The van der Waals surface area contributed by atoms with E-state index in [0.29, 0.717) is 12.2 Å². The second-order valence-corrected chi connectivity index (χ2v) is 7.71. The van der Waals surface area contributed by atoms with Gasteiger partial charge in [0.05, 0.1) is 6.10 Å². The van der Waals surface area contributed by atoms with Crippen LogP contribution in [0.5, 0.6) is 17.2 Å². The van der Waals surface area contributed by atoms with Gasteiger partial charge in [0.25, 0.3) is 0 Å². The maximum Gasteiger partial charge on any atom is 0.122 e. The average molecular weight is 391 g/mol. The van der Waals surface area contributed by atoms with Crippen molar-refractivity contribution in [1.82, 2.24) is 0 Å². The molecule has 29 heavy (non-hydrogen) atoms. The molecular weight excluding hydrogens is 360 g/mol. The van der Waals surface area contributed by atoms with Gasteiger partial charge in [-0.3, -0.25) is 0 Å². The number of phenols is 1. The van der Waals surface area contributed by atoms with Gasteiger partial charge in [-0.15, -0.1) is 0 Å². The molecule has 0 bridgehead atoms. The van der Waals surface area contributed by atoms with Crippen molar-refractivity contribution in [3.05, 3.63) is 89.0 Å². The van der Waals surface area contributed by atoms with E-state index in [0.717, 1.165) is 40.2 Å². The van der Waals surface area contributed by atoms with Gasteiger partial charge < -0.3 is 14.6 Å². The monoisotopic (exact) mass is 390 g/mol. The van der Waals surface area contributed by atoms with Gasteiger partial charge >= 0.3 is 0 Å². The van der Waals surface area contributed by atoms with Gasteiger partial charge in [0.2, 0.25) is 0 Å². The molecule has 0 amide bonds. The second kappa shape index (κ2) is 9.51. The van der Waals surface area contributed by atoms with Crippen molar-refractivity contribution in [3.8, 4) is 17.2 Å². The van der Waals surface area contributed by atoms with Gasteiger partial charge in [0.15, 0.2) is 0 Å². The molecule has 2 unspecified atom stereocenters. The lowest BCUT2D eigenvalue weighted by atomic mass is 9.96. The fraction of sp³-hybridized carbons (Fsp3) is 0.308. The highest BCUT2D eigenvalue weighted by Crippen LogP contribution is 2.27. The molecule has 0 aromatic heterocycles. The van der Waals surface area contributed by atoms with Gasteiger partial charge in [-0.05, 0) is 62.6 Å². The highest BCUT2D eigenvalue weighted by molar-refractivity contribution is 5.41. The third kappa shape index (κ3) is 5.54. The van der Waals surface area contributed by atoms with Gasteiger partial charge in [-0.1, -0.05) is 48.5 Å². The Morgan fingerprint density at radius 3 is 1.76 bits per heavy atom. The number of aryl methyl sites for hydroxylation is 2. The molecule has 0 spiro atoms. The minimum absolute atomic E-state index is 0.00996. The highest BCUT2D eigenvalue weighted by Gasteiger charge is 2.16. The van der Waals surface area contributed by atoms with E-state index >= 15 is 0 Å². The number of benzene rings is 3. The summed E-state index contributed by atoms with van der Waals surface area (Å²) in [5.41, 5.74) is 4.24. The molecule has 3 heteroatoms. The summed E-state index contributed by atoms with van der Waals surface area (Å²) in [4.78, 5) is 0. The van der Waals surface area contributed by atoms with Crippen LogP contribution in [0.1, 0.15) is 36.1 Å². The molecule has 152 valence electrons. The Hall–Kier alpha value is -2.94. The predicted octanol–water partition coefficient (Wildman–Crippen LogP) is 6.03. The molecule has 3 nitrogen and oxygen atoms in total. The molecule has 0 radical (unpaired) electrons. The highest BCUT2D eigenvalue weighted by atomic mass is 16.5. The van der Waals surface area contributed by atoms with Crippen molar-refractivity contribution in [2.45, 2.75) is 52.7 Å². The van der Waals surface area contributed by atoms with E-state index in [9.17, 15) is 5.11 Å². The predicted molar refractivity (Wildman–Crippen MR) is 118 cm³/mol. The summed E-state index contributed by atoms with van der Waals surface area (Å²) in [6, 6.07) is 21.7. The number of phenolic OH excluding ortho intramolecular Hbond substituents is 1. The number of hydrogen-bond acceptors (Lipinski definition) is 3. The van der Waals surface area contributed by atoms with Crippen LogP contribution in [-0.2, 0) is 12.8 Å². The molecule has 0 heterocycles. The molecule has 0 aliphatic carbocycles. The molecule has 3 aromatic carbocycles. The first-order valence-corrected chi connectivity index (χ1v) is 10.2. The Balaban J connectivity index is 1.71. The molecular formula is C26H30O3. The van der Waals surface area contributed by atoms with Gasteiger partial charge in [-0.25, -0.2) is 0 Å². The van der Waals surface area contributed by atoms with Crippen LogP contribution in [-0.4, -0.2) is 17.3 Å². The summed E-state index contributed by atoms with van der Waals surface area (Å²) in [6.07, 6.45) is 1.28. The van der Waals surface area contributed by atoms with E-state index in [-0.39, 0.29) is 12.2 Å². The van der Waals surface area contributed by atoms with Crippen LogP contribution in [0.2, 0.25) is 0 Å². The molecule has 0 saturated heterocycles. The Labute approximate surface area is 173 Å². The summed E-state index contributed by atoms with van der Waals surface area (Å²) in [5, 5.41) is 10.5. The maximum atomic E-state index is 10.5. The zero-order chi connectivity index (χ0) is 20.8. The fourth-order valence-electron chi connectivity index (χ4n) is 3.54. The van der Waals surface area contributed by atoms with Crippen molar-refractivity contribution >= 4 is 0 Å². The van der Waals surface area contributed by atoms with Crippen LogP contribution >= 0.6 is 0 Å². The first-order chi connectivity index (χ1) is 13.9. The van der Waals surface area contributed by atoms with E-state index in [4.69, 9.17) is 9.47 Å². The summed E-state index contributed by atoms with van der Waals surface area (Å²) < 4.78 is 12.3. The van der Waals surface area contributed by atoms with E-state index in [1.165, 1.54) is 0 Å². The average Bonchev–Trinajstić information content (AvgIpc) is 2.68. The van der Waals surface area contributed by atoms with Crippen molar-refractivity contribution in [2.75, 3.05) is 0 Å². The normalized spacial score (nSPS) is 13.0. The minimum atomic E-state index is -0.0595. The topological polar surface area (TPSA) is 38.7 Å². The third-order valence-corrected chi connectivity index (χ3v) is 5.09. The molecule has 0 aliphatic rings. The largest absolute Gasteiger partial charge is 0.508 e. The van der Waals surface area contributed by atoms with Crippen LogP contribution in [0, 0.1) is 13.8 Å². The molecule has 0 saturated carbocycles. The zero-order valence-corrected chi connectivity index (χ0v) is 17.7. The van der Waals surface area contributed by atoms with E-state index in [2.05, 4.69) is 13.0 Å². The molecule has 3 rings (SSSR count). The number of ether oxygens (including phenoxy) is 2. The summed E-state index contributed by atoms with van der Waals surface area (Å²) in [5.74, 6) is 2.09. The Kier molecular flexibility index (Phi) is 6.82. The van der Waals surface area contributed by atoms with Crippen LogP contribution in [0.15, 0.2) is 66.7 Å². The second-order valence-electron chi connectivity index (χ2n) is 7.71. The lowest BCUT2D eigenvalue weighted by Crippen LogP contribution is -2.20. The van der Waals surface area contributed by atoms with E-state index in [1.54, 1.807) is 6.07 Å². The quantitative estimate of drug-likeness (QED) is 0.510. The Bertz CT molecular complexity index is 948. The van der Waals surface area contributed by atoms with Crippen LogP contribution in [0.25, 0.3) is 0 Å². The van der Waals surface area contributed by atoms with Crippen LogP contribution in [0.3, 0.4) is 0 Å². The molecule has 2 atom stereocenters. The number of hydrogen-bond donors (Lipinski definition) is 1. The van der Waals surface area contributed by atoms with Crippen LogP contribution in [0.4, 0.5) is 0 Å². The third-order valence-electron chi connectivity index (χ3n) is 5.09. The van der Waals surface area contributed by atoms with Gasteiger partial charge in [-0.2, -0.15) is 0 Å². The SMILES string of the molecule is Cc1ccccc1OC(C)Cc1cccc(O)c1CC(C)Oc1ccccc1C. The number of aromatic hydroxyl groups is 1. The molecule has 0 aliphatic heterocycles. The summed E-state index contributed by atoms with van der Waals surface area (Å²) >= 11 is 0. The van der Waals surface area contributed by atoms with Crippen LogP contribution < -0.4 is 9.47 Å². The van der Waals surface area contributed by atoms with Crippen molar-refractivity contribution in [1.29, 1.82) is 0 Å². The minimum Gasteiger partial charge on any atom is -0.508 e. The number of para-hydroxylation sites is 2. The lowest BCUT2D eigenvalue weighted by molar-refractivity contribution is 0.213. The molecule has 3 aromatic rings. The van der Waals surface area contributed by atoms with Crippen molar-refractivity contribution < 1.29 is 14.6 Å². The fourth-order valence-corrected chi connectivity index (χ4v) is 3.54. The smallest absolute Gasteiger partial charge is 0.122 e. The first-order valence-electron chi connectivity index (χ1n) is 10.2. The van der Waals surface area contributed by atoms with Gasteiger partial charge in [0, 0.05) is 18.4 Å². The van der Waals surface area contributed by atoms with Crippen molar-refractivity contribution in [2.24, 2.45) is 0 Å². The lowest BCUT2D eigenvalue weighted by Gasteiger charge is -2.21. The summed E-state index contributed by atoms with van der Waals surface area (Å²) in [7, 11) is 0. The van der Waals surface area contributed by atoms with E-state index in [1.807, 2.05) is 75.4 Å². The first kappa shape index (κ1) is 20.8. The van der Waals surface area contributed by atoms with E-state index < -0.39 is 0 Å². The van der Waals surface area contributed by atoms with Crippen molar-refractivity contribution in [3.63, 3.8) is 0 Å².